The van der Waals surface area contributed by atoms with Crippen LogP contribution in [0.3, 0.4) is 0 Å². The van der Waals surface area contributed by atoms with Crippen LogP contribution >= 0.6 is 11.3 Å². The Hall–Kier alpha value is -1.30. The molecule has 19 heavy (non-hydrogen) atoms. The standard InChI is InChI=1S/C14H18FN3S/c1-10(16)14(11-4-3-5-12(15)6-11)18(2)7-13-8-19-9-17-13/h3-6,8-10,14H,7,16H2,1-2H3. The first-order valence-corrected chi connectivity index (χ1v) is 7.10. The maximum absolute atomic E-state index is 13.4. The minimum atomic E-state index is -0.231. The summed E-state index contributed by atoms with van der Waals surface area (Å²) in [6.45, 7) is 2.64. The molecule has 2 rings (SSSR count). The molecule has 0 aliphatic rings. The maximum Gasteiger partial charge on any atom is 0.123 e. The van der Waals surface area contributed by atoms with Gasteiger partial charge in [0.2, 0.25) is 0 Å². The van der Waals surface area contributed by atoms with E-state index in [0.717, 1.165) is 11.3 Å². The van der Waals surface area contributed by atoms with Gasteiger partial charge in [0.05, 0.1) is 11.2 Å². The number of nitrogens with zero attached hydrogens (tertiary/aromatic N) is 2. The second-order valence-electron chi connectivity index (χ2n) is 4.75. The first-order valence-electron chi connectivity index (χ1n) is 6.16. The van der Waals surface area contributed by atoms with E-state index in [4.69, 9.17) is 5.73 Å². The van der Waals surface area contributed by atoms with Crippen LogP contribution in [0.25, 0.3) is 0 Å². The van der Waals surface area contributed by atoms with Crippen LogP contribution in [0.2, 0.25) is 0 Å². The van der Waals surface area contributed by atoms with Crippen LogP contribution in [-0.2, 0) is 6.54 Å². The third kappa shape index (κ3) is 3.59. The van der Waals surface area contributed by atoms with Crippen molar-refractivity contribution in [1.29, 1.82) is 0 Å². The topological polar surface area (TPSA) is 42.1 Å². The maximum atomic E-state index is 13.4. The second-order valence-corrected chi connectivity index (χ2v) is 5.47. The quantitative estimate of drug-likeness (QED) is 0.915. The molecule has 0 amide bonds. The van der Waals surface area contributed by atoms with Crippen molar-refractivity contribution in [2.45, 2.75) is 25.6 Å². The minimum absolute atomic E-state index is 0.0302. The second kappa shape index (κ2) is 6.23. The Labute approximate surface area is 116 Å². The molecule has 1 heterocycles. The van der Waals surface area contributed by atoms with Gasteiger partial charge in [0.25, 0.3) is 0 Å². The van der Waals surface area contributed by atoms with E-state index in [0.29, 0.717) is 6.54 Å². The fraction of sp³-hybridized carbons (Fsp3) is 0.357. The largest absolute Gasteiger partial charge is 0.326 e. The third-order valence-corrected chi connectivity index (χ3v) is 3.69. The van der Waals surface area contributed by atoms with Gasteiger partial charge >= 0.3 is 0 Å². The smallest absolute Gasteiger partial charge is 0.123 e. The Morgan fingerprint density at radius 1 is 1.47 bits per heavy atom. The van der Waals surface area contributed by atoms with E-state index in [1.165, 1.54) is 6.07 Å². The predicted molar refractivity (Wildman–Crippen MR) is 76.4 cm³/mol. The summed E-state index contributed by atoms with van der Waals surface area (Å²) in [5.41, 5.74) is 9.78. The molecular weight excluding hydrogens is 261 g/mol. The van der Waals surface area contributed by atoms with Crippen molar-refractivity contribution < 1.29 is 4.39 Å². The molecule has 0 aliphatic carbocycles. The molecule has 1 aromatic heterocycles. The summed E-state index contributed by atoms with van der Waals surface area (Å²) in [7, 11) is 1.98. The molecule has 0 radical (unpaired) electrons. The molecule has 102 valence electrons. The van der Waals surface area contributed by atoms with Gasteiger partial charge in [-0.3, -0.25) is 4.90 Å². The van der Waals surface area contributed by atoms with Crippen molar-refractivity contribution in [2.75, 3.05) is 7.05 Å². The Bertz CT molecular complexity index is 513. The number of thiazole rings is 1. The zero-order chi connectivity index (χ0) is 13.8. The Morgan fingerprint density at radius 2 is 2.26 bits per heavy atom. The molecular formula is C14H18FN3S. The number of rotatable bonds is 5. The van der Waals surface area contributed by atoms with E-state index in [-0.39, 0.29) is 17.9 Å². The number of likely N-dealkylation sites (N-methyl/N-ethyl adjacent to an activating group) is 1. The molecule has 0 spiro atoms. The van der Waals surface area contributed by atoms with Crippen molar-refractivity contribution in [3.05, 3.63) is 52.2 Å². The van der Waals surface area contributed by atoms with Gasteiger partial charge in [0.1, 0.15) is 5.82 Å². The lowest BCUT2D eigenvalue weighted by molar-refractivity contribution is 0.208. The lowest BCUT2D eigenvalue weighted by Gasteiger charge is -2.31. The van der Waals surface area contributed by atoms with Gasteiger partial charge in [-0.1, -0.05) is 12.1 Å². The zero-order valence-corrected chi connectivity index (χ0v) is 11.9. The summed E-state index contributed by atoms with van der Waals surface area (Å²) in [6.07, 6.45) is 0. The van der Waals surface area contributed by atoms with Crippen LogP contribution in [0.1, 0.15) is 24.2 Å². The lowest BCUT2D eigenvalue weighted by atomic mass is 9.99. The van der Waals surface area contributed by atoms with Crippen LogP contribution in [0.4, 0.5) is 4.39 Å². The molecule has 0 saturated carbocycles. The molecule has 2 unspecified atom stereocenters. The van der Waals surface area contributed by atoms with Gasteiger partial charge in [-0.25, -0.2) is 9.37 Å². The zero-order valence-electron chi connectivity index (χ0n) is 11.1. The van der Waals surface area contributed by atoms with Crippen molar-refractivity contribution in [1.82, 2.24) is 9.88 Å². The summed E-state index contributed by atoms with van der Waals surface area (Å²) >= 11 is 1.57. The molecule has 0 bridgehead atoms. The first-order chi connectivity index (χ1) is 9.08. The van der Waals surface area contributed by atoms with E-state index >= 15 is 0 Å². The highest BCUT2D eigenvalue weighted by Gasteiger charge is 2.22. The van der Waals surface area contributed by atoms with Crippen molar-refractivity contribution in [2.24, 2.45) is 5.73 Å². The highest BCUT2D eigenvalue weighted by Crippen LogP contribution is 2.24. The fourth-order valence-electron chi connectivity index (χ4n) is 2.32. The molecule has 5 heteroatoms. The molecule has 0 saturated heterocycles. The molecule has 1 aromatic carbocycles. The summed E-state index contributed by atoms with van der Waals surface area (Å²) in [5, 5.41) is 2.01. The summed E-state index contributed by atoms with van der Waals surface area (Å²) < 4.78 is 13.4. The average Bonchev–Trinajstić information content (AvgIpc) is 2.81. The highest BCUT2D eigenvalue weighted by molar-refractivity contribution is 7.07. The SMILES string of the molecule is CC(N)C(c1cccc(F)c1)N(C)Cc1cscn1. The highest BCUT2D eigenvalue weighted by atomic mass is 32.1. The molecule has 0 fully saturated rings. The number of halogens is 1. The Balaban J connectivity index is 2.20. The molecule has 2 N–H and O–H groups in total. The average molecular weight is 279 g/mol. The normalized spacial score (nSPS) is 14.6. The van der Waals surface area contributed by atoms with E-state index < -0.39 is 0 Å². The predicted octanol–water partition coefficient (Wildman–Crippen LogP) is 2.80. The molecule has 3 nitrogen and oxygen atoms in total. The number of hydrogen-bond donors (Lipinski definition) is 1. The van der Waals surface area contributed by atoms with Crippen molar-refractivity contribution in [3.8, 4) is 0 Å². The Kier molecular flexibility index (Phi) is 4.63. The first kappa shape index (κ1) is 14.1. The van der Waals surface area contributed by atoms with Gasteiger partial charge in [-0.15, -0.1) is 11.3 Å². The number of hydrogen-bond acceptors (Lipinski definition) is 4. The summed E-state index contributed by atoms with van der Waals surface area (Å²) in [6, 6.07) is 6.50. The van der Waals surface area contributed by atoms with Crippen LogP contribution < -0.4 is 5.73 Å². The molecule has 2 atom stereocenters. The third-order valence-electron chi connectivity index (χ3n) is 3.06. The van der Waals surface area contributed by atoms with Gasteiger partial charge in [0.15, 0.2) is 0 Å². The fourth-order valence-corrected chi connectivity index (χ4v) is 2.87. The van der Waals surface area contributed by atoms with E-state index in [2.05, 4.69) is 9.88 Å². The monoisotopic (exact) mass is 279 g/mol. The van der Waals surface area contributed by atoms with E-state index in [1.807, 2.05) is 30.9 Å². The van der Waals surface area contributed by atoms with Gasteiger partial charge in [-0.2, -0.15) is 0 Å². The molecule has 2 aromatic rings. The number of benzene rings is 1. The lowest BCUT2D eigenvalue weighted by Crippen LogP contribution is -2.37. The van der Waals surface area contributed by atoms with Crippen LogP contribution in [-0.4, -0.2) is 23.0 Å². The molecule has 0 aliphatic heterocycles. The van der Waals surface area contributed by atoms with Gasteiger partial charge < -0.3 is 5.73 Å². The number of nitrogens with two attached hydrogens (primary N) is 1. The van der Waals surface area contributed by atoms with Crippen molar-refractivity contribution in [3.63, 3.8) is 0 Å². The van der Waals surface area contributed by atoms with Gasteiger partial charge in [-0.05, 0) is 31.7 Å². The van der Waals surface area contributed by atoms with Crippen LogP contribution in [0.15, 0.2) is 35.2 Å². The number of aromatic nitrogens is 1. The van der Waals surface area contributed by atoms with Gasteiger partial charge in [0, 0.05) is 24.0 Å². The minimum Gasteiger partial charge on any atom is -0.326 e. The van der Waals surface area contributed by atoms with Crippen molar-refractivity contribution >= 4 is 11.3 Å². The summed E-state index contributed by atoms with van der Waals surface area (Å²) in [5.74, 6) is -0.231. The van der Waals surface area contributed by atoms with Crippen LogP contribution in [0.5, 0.6) is 0 Å². The van der Waals surface area contributed by atoms with Crippen LogP contribution in [0, 0.1) is 5.82 Å². The Morgan fingerprint density at radius 3 is 2.84 bits per heavy atom. The van der Waals surface area contributed by atoms with E-state index in [1.54, 1.807) is 23.5 Å². The van der Waals surface area contributed by atoms with E-state index in [9.17, 15) is 4.39 Å². The summed E-state index contributed by atoms with van der Waals surface area (Å²) in [4.78, 5) is 6.38.